The van der Waals surface area contributed by atoms with Gasteiger partial charge in [-0.1, -0.05) is 17.7 Å². The molecule has 20 heavy (non-hydrogen) atoms. The molecular weight excluding hydrogens is 258 g/mol. The second-order valence-electron chi connectivity index (χ2n) is 4.69. The number of amides is 1. The van der Waals surface area contributed by atoms with E-state index in [-0.39, 0.29) is 18.7 Å². The molecule has 0 aliphatic carbocycles. The fourth-order valence-corrected chi connectivity index (χ4v) is 1.91. The molecule has 1 rings (SSSR count). The molecule has 0 atom stereocenters. The van der Waals surface area contributed by atoms with E-state index in [0.717, 1.165) is 11.1 Å². The summed E-state index contributed by atoms with van der Waals surface area (Å²) in [6.45, 7) is 2.47. The van der Waals surface area contributed by atoms with Crippen LogP contribution in [0, 0.1) is 6.92 Å². The molecule has 0 bridgehead atoms. The zero-order chi connectivity index (χ0) is 15.0. The van der Waals surface area contributed by atoms with Crippen LogP contribution in [-0.2, 0) is 16.0 Å². The number of hydrogen-bond acceptors (Lipinski definition) is 3. The molecule has 0 saturated heterocycles. The number of aryl methyl sites for hydroxylation is 1. The maximum Gasteiger partial charge on any atom is 0.303 e. The average Bonchev–Trinajstić information content (AvgIpc) is 2.38. The molecule has 0 aliphatic rings. The number of hydrogen-bond donors (Lipinski definition) is 2. The molecule has 1 aromatic rings. The molecule has 0 aromatic heterocycles. The summed E-state index contributed by atoms with van der Waals surface area (Å²) >= 11 is 0. The first-order valence-electron chi connectivity index (χ1n) is 6.65. The van der Waals surface area contributed by atoms with Gasteiger partial charge < -0.3 is 15.2 Å². The predicted molar refractivity (Wildman–Crippen MR) is 75.9 cm³/mol. The molecule has 0 spiro atoms. The topological polar surface area (TPSA) is 75.6 Å². The molecule has 110 valence electrons. The third kappa shape index (κ3) is 5.73. The number of carboxylic acids is 1. The van der Waals surface area contributed by atoms with E-state index in [1.165, 1.54) is 0 Å². The lowest BCUT2D eigenvalue weighted by molar-refractivity contribution is -0.137. The predicted octanol–water partition coefficient (Wildman–Crippen LogP) is 1.92. The van der Waals surface area contributed by atoms with Gasteiger partial charge in [0.2, 0.25) is 5.91 Å². The van der Waals surface area contributed by atoms with E-state index in [0.29, 0.717) is 25.1 Å². The van der Waals surface area contributed by atoms with Crippen molar-refractivity contribution in [3.8, 4) is 5.75 Å². The van der Waals surface area contributed by atoms with E-state index < -0.39 is 5.97 Å². The Morgan fingerprint density at radius 1 is 1.30 bits per heavy atom. The van der Waals surface area contributed by atoms with Crippen LogP contribution >= 0.6 is 0 Å². The van der Waals surface area contributed by atoms with Crippen LogP contribution in [0.3, 0.4) is 0 Å². The number of nitrogens with one attached hydrogen (secondary N) is 1. The Hall–Kier alpha value is -2.04. The molecule has 1 amide bonds. The SMILES string of the molecule is COc1ccc(C)cc1CC(=O)NCCCCC(=O)O. The van der Waals surface area contributed by atoms with Gasteiger partial charge in [0.25, 0.3) is 0 Å². The van der Waals surface area contributed by atoms with Crippen molar-refractivity contribution < 1.29 is 19.4 Å². The number of unbranched alkanes of at least 4 members (excludes halogenated alkanes) is 1. The fourth-order valence-electron chi connectivity index (χ4n) is 1.91. The average molecular weight is 279 g/mol. The Morgan fingerprint density at radius 2 is 2.05 bits per heavy atom. The van der Waals surface area contributed by atoms with Gasteiger partial charge in [-0.3, -0.25) is 9.59 Å². The zero-order valence-electron chi connectivity index (χ0n) is 11.9. The van der Waals surface area contributed by atoms with Gasteiger partial charge in [0.05, 0.1) is 13.5 Å². The highest BCUT2D eigenvalue weighted by Crippen LogP contribution is 2.19. The number of methoxy groups -OCH3 is 1. The summed E-state index contributed by atoms with van der Waals surface area (Å²) < 4.78 is 5.23. The summed E-state index contributed by atoms with van der Waals surface area (Å²) in [6.07, 6.45) is 1.65. The number of ether oxygens (including phenoxy) is 1. The van der Waals surface area contributed by atoms with Gasteiger partial charge in [0.1, 0.15) is 5.75 Å². The number of carbonyl (C=O) groups excluding carboxylic acids is 1. The highest BCUT2D eigenvalue weighted by atomic mass is 16.5. The highest BCUT2D eigenvalue weighted by molar-refractivity contribution is 5.79. The third-order valence-electron chi connectivity index (χ3n) is 2.93. The normalized spacial score (nSPS) is 10.1. The number of rotatable bonds is 8. The second kappa shape index (κ2) is 8.19. The van der Waals surface area contributed by atoms with E-state index in [9.17, 15) is 9.59 Å². The Kier molecular flexibility index (Phi) is 6.56. The van der Waals surface area contributed by atoms with E-state index in [1.807, 2.05) is 25.1 Å². The maximum absolute atomic E-state index is 11.8. The molecule has 0 heterocycles. The minimum absolute atomic E-state index is 0.0794. The lowest BCUT2D eigenvalue weighted by Crippen LogP contribution is -2.26. The van der Waals surface area contributed by atoms with E-state index in [4.69, 9.17) is 9.84 Å². The highest BCUT2D eigenvalue weighted by Gasteiger charge is 2.08. The maximum atomic E-state index is 11.8. The van der Waals surface area contributed by atoms with Gasteiger partial charge in [0, 0.05) is 18.5 Å². The third-order valence-corrected chi connectivity index (χ3v) is 2.93. The van der Waals surface area contributed by atoms with Crippen molar-refractivity contribution in [1.82, 2.24) is 5.32 Å². The molecular formula is C15H21NO4. The van der Waals surface area contributed by atoms with Crippen LogP contribution in [0.15, 0.2) is 18.2 Å². The van der Waals surface area contributed by atoms with Crippen LogP contribution in [0.25, 0.3) is 0 Å². The molecule has 2 N–H and O–H groups in total. The number of aliphatic carboxylic acids is 1. The van der Waals surface area contributed by atoms with Crippen molar-refractivity contribution in [3.63, 3.8) is 0 Å². The van der Waals surface area contributed by atoms with Crippen molar-refractivity contribution >= 4 is 11.9 Å². The molecule has 0 radical (unpaired) electrons. The molecule has 5 heteroatoms. The molecule has 0 saturated carbocycles. The standard InChI is InChI=1S/C15H21NO4/c1-11-6-7-13(20-2)12(9-11)10-14(17)16-8-4-3-5-15(18)19/h6-7,9H,3-5,8,10H2,1-2H3,(H,16,17)(H,18,19). The first-order chi connectivity index (χ1) is 9.52. The quantitative estimate of drug-likeness (QED) is 0.713. The molecule has 0 aliphatic heterocycles. The Bertz CT molecular complexity index is 471. The fraction of sp³-hybridized carbons (Fsp3) is 0.467. The first-order valence-corrected chi connectivity index (χ1v) is 6.65. The molecule has 1 aromatic carbocycles. The van der Waals surface area contributed by atoms with E-state index >= 15 is 0 Å². The Labute approximate surface area is 118 Å². The molecule has 0 fully saturated rings. The largest absolute Gasteiger partial charge is 0.496 e. The lowest BCUT2D eigenvalue weighted by Gasteiger charge is -2.10. The summed E-state index contributed by atoms with van der Waals surface area (Å²) in [5, 5.41) is 11.3. The summed E-state index contributed by atoms with van der Waals surface area (Å²) in [7, 11) is 1.58. The first kappa shape index (κ1) is 16.0. The number of carboxylic acid groups (broad SMARTS) is 1. The Morgan fingerprint density at radius 3 is 2.70 bits per heavy atom. The van der Waals surface area contributed by atoms with Crippen LogP contribution in [0.2, 0.25) is 0 Å². The van der Waals surface area contributed by atoms with Crippen molar-refractivity contribution in [2.24, 2.45) is 0 Å². The van der Waals surface area contributed by atoms with Crippen molar-refractivity contribution in [1.29, 1.82) is 0 Å². The van der Waals surface area contributed by atoms with Crippen LogP contribution in [-0.4, -0.2) is 30.6 Å². The zero-order valence-corrected chi connectivity index (χ0v) is 11.9. The van der Waals surface area contributed by atoms with Crippen LogP contribution in [0.1, 0.15) is 30.4 Å². The monoisotopic (exact) mass is 279 g/mol. The van der Waals surface area contributed by atoms with E-state index in [2.05, 4.69) is 5.32 Å². The van der Waals surface area contributed by atoms with Gasteiger partial charge in [0.15, 0.2) is 0 Å². The summed E-state index contributed by atoms with van der Waals surface area (Å²) in [5.74, 6) is -0.179. The lowest BCUT2D eigenvalue weighted by atomic mass is 10.1. The van der Waals surface area contributed by atoms with Crippen LogP contribution < -0.4 is 10.1 Å². The van der Waals surface area contributed by atoms with Gasteiger partial charge in [-0.05, 0) is 25.8 Å². The van der Waals surface area contributed by atoms with Crippen molar-refractivity contribution in [2.75, 3.05) is 13.7 Å². The minimum atomic E-state index is -0.805. The van der Waals surface area contributed by atoms with E-state index in [1.54, 1.807) is 7.11 Å². The second-order valence-corrected chi connectivity index (χ2v) is 4.69. The summed E-state index contributed by atoms with van der Waals surface area (Å²) in [4.78, 5) is 22.1. The Balaban J connectivity index is 2.38. The van der Waals surface area contributed by atoms with Gasteiger partial charge >= 0.3 is 5.97 Å². The number of carbonyl (C=O) groups is 2. The molecule has 5 nitrogen and oxygen atoms in total. The minimum Gasteiger partial charge on any atom is -0.496 e. The van der Waals surface area contributed by atoms with Gasteiger partial charge in [-0.15, -0.1) is 0 Å². The number of benzene rings is 1. The van der Waals surface area contributed by atoms with Crippen LogP contribution in [0.5, 0.6) is 5.75 Å². The summed E-state index contributed by atoms with van der Waals surface area (Å²) in [6, 6.07) is 5.72. The molecule has 0 unspecified atom stereocenters. The van der Waals surface area contributed by atoms with Crippen molar-refractivity contribution in [3.05, 3.63) is 29.3 Å². The van der Waals surface area contributed by atoms with Crippen LogP contribution in [0.4, 0.5) is 0 Å². The van der Waals surface area contributed by atoms with Gasteiger partial charge in [-0.25, -0.2) is 0 Å². The summed E-state index contributed by atoms with van der Waals surface area (Å²) in [5.41, 5.74) is 1.94. The van der Waals surface area contributed by atoms with Gasteiger partial charge in [-0.2, -0.15) is 0 Å². The van der Waals surface area contributed by atoms with Crippen molar-refractivity contribution in [2.45, 2.75) is 32.6 Å². The smallest absolute Gasteiger partial charge is 0.303 e.